The number of phenolic OH excluding ortho intramolecular Hbond substituents is 1. The second-order valence-electron chi connectivity index (χ2n) is 11.1. The summed E-state index contributed by atoms with van der Waals surface area (Å²) in [7, 11) is -2.53. The van der Waals surface area contributed by atoms with Gasteiger partial charge in [-0.2, -0.15) is 4.89 Å². The van der Waals surface area contributed by atoms with Gasteiger partial charge in [0.2, 0.25) is 12.2 Å². The van der Waals surface area contributed by atoms with Crippen molar-refractivity contribution in [2.45, 2.75) is 80.9 Å². The SMILES string of the molecule is CC(=O)[C@H]1O[C@@H](Oc2ccc(/C=C(\C)C(=O)N[C@H]3[C@@H](O)[C@H](O)[C@@H]4OCO[C@@H]4[C@H]3O)cc2O)[C@@H](O)[C@@H]1O.O=[P+](O)C(O)c1ccccc1. The van der Waals surface area contributed by atoms with E-state index in [1.807, 2.05) is 0 Å². The van der Waals surface area contributed by atoms with Crippen molar-refractivity contribution in [1.29, 1.82) is 0 Å². The van der Waals surface area contributed by atoms with Crippen molar-refractivity contribution < 1.29 is 73.7 Å². The van der Waals surface area contributed by atoms with Gasteiger partial charge in [-0.25, -0.2) is 0 Å². The number of carbonyl (C=O) groups is 2. The molecule has 2 aromatic carbocycles. The fourth-order valence-electron chi connectivity index (χ4n) is 5.22. The quantitative estimate of drug-likeness (QED) is 0.119. The van der Waals surface area contributed by atoms with E-state index < -0.39 is 86.7 Å². The van der Waals surface area contributed by atoms with Gasteiger partial charge in [0.25, 0.3) is 0 Å². The molecule has 12 atom stereocenters. The molecule has 16 nitrogen and oxygen atoms in total. The lowest BCUT2D eigenvalue weighted by Crippen LogP contribution is -2.67. The molecule has 47 heavy (non-hydrogen) atoms. The lowest BCUT2D eigenvalue weighted by molar-refractivity contribution is -0.155. The van der Waals surface area contributed by atoms with E-state index >= 15 is 0 Å². The first-order valence-electron chi connectivity index (χ1n) is 14.4. The van der Waals surface area contributed by atoms with E-state index in [-0.39, 0.29) is 23.9 Å². The molecule has 5 rings (SSSR count). The Hall–Kier alpha value is -3.38. The van der Waals surface area contributed by atoms with E-state index in [1.54, 1.807) is 30.3 Å². The Morgan fingerprint density at radius 2 is 1.57 bits per heavy atom. The molecule has 2 aliphatic heterocycles. The summed E-state index contributed by atoms with van der Waals surface area (Å²) in [5.74, 6) is -2.84. The summed E-state index contributed by atoms with van der Waals surface area (Å²) in [6, 6.07) is 11.3. The van der Waals surface area contributed by atoms with Crippen molar-refractivity contribution in [3.05, 3.63) is 65.2 Å². The Morgan fingerprint density at radius 3 is 2.15 bits per heavy atom. The molecule has 1 aliphatic carbocycles. The van der Waals surface area contributed by atoms with Crippen LogP contribution in [-0.4, -0.2) is 120 Å². The molecule has 9 N–H and O–H groups in total. The van der Waals surface area contributed by atoms with Crippen molar-refractivity contribution in [3.63, 3.8) is 0 Å². The average molecular weight is 683 g/mol. The molecule has 0 aromatic heterocycles. The first-order valence-corrected chi connectivity index (χ1v) is 15.7. The van der Waals surface area contributed by atoms with Crippen LogP contribution in [-0.2, 0) is 28.4 Å². The second-order valence-corrected chi connectivity index (χ2v) is 12.2. The average Bonchev–Trinajstić information content (AvgIpc) is 3.65. The van der Waals surface area contributed by atoms with Gasteiger partial charge in [-0.1, -0.05) is 36.4 Å². The standard InChI is InChI=1S/C23H29NO12.C7H7O3P/c1-8(22(32)24-13-14(27)16(29)21-20(15(13)28)33-7-34-21)5-10-3-4-12(11(26)6-10)35-23-18(31)17(30)19(36-23)9(2)25;8-7(11(9)10)6-4-2-1-3-5-6/h3-6,13-21,23,26-31H,7H2,1-2H3,(H,24,32);1-5,7-8H/p+1/b8-5+;/t13-,14+,15-,16-,17-,18-,19+,20+,21-,23+;/m0./s1. The Labute approximate surface area is 269 Å². The highest BCUT2D eigenvalue weighted by atomic mass is 31.1. The van der Waals surface area contributed by atoms with Gasteiger partial charge in [-0.15, -0.1) is 0 Å². The monoisotopic (exact) mass is 682 g/mol. The maximum absolute atomic E-state index is 12.7. The summed E-state index contributed by atoms with van der Waals surface area (Å²) in [5, 5.41) is 72.9. The maximum atomic E-state index is 12.7. The summed E-state index contributed by atoms with van der Waals surface area (Å²) in [6.07, 6.45) is -10.2. The lowest BCUT2D eigenvalue weighted by atomic mass is 9.83. The topological polar surface area (TPSA) is 262 Å². The minimum absolute atomic E-state index is 0.0921. The molecule has 0 radical (unpaired) electrons. The molecule has 0 bridgehead atoms. The number of Topliss-reactive ketones (excluding diaryl/α,β-unsaturated/α-hetero) is 1. The van der Waals surface area contributed by atoms with Gasteiger partial charge in [0, 0.05) is 11.1 Å². The maximum Gasteiger partial charge on any atom is 0.542 e. The van der Waals surface area contributed by atoms with Crippen LogP contribution in [0.15, 0.2) is 54.1 Å². The van der Waals surface area contributed by atoms with Gasteiger partial charge < -0.3 is 60.0 Å². The molecule has 1 saturated carbocycles. The third kappa shape index (κ3) is 8.38. The number of hydrogen-bond acceptors (Lipinski definition) is 14. The van der Waals surface area contributed by atoms with Crippen LogP contribution in [0.5, 0.6) is 11.5 Å². The number of aliphatic hydroxyl groups is 6. The molecule has 3 fully saturated rings. The van der Waals surface area contributed by atoms with Crippen LogP contribution in [0.3, 0.4) is 0 Å². The Balaban J connectivity index is 0.000000385. The van der Waals surface area contributed by atoms with Gasteiger partial charge >= 0.3 is 13.9 Å². The zero-order valence-corrected chi connectivity index (χ0v) is 26.0. The number of rotatable bonds is 8. The minimum atomic E-state index is -2.53. The van der Waals surface area contributed by atoms with Crippen LogP contribution >= 0.6 is 8.03 Å². The van der Waals surface area contributed by atoms with Crippen LogP contribution in [0.25, 0.3) is 6.08 Å². The highest BCUT2D eigenvalue weighted by Gasteiger charge is 2.53. The molecular weight excluding hydrogens is 645 g/mol. The second kappa shape index (κ2) is 15.7. The number of amides is 1. The summed E-state index contributed by atoms with van der Waals surface area (Å²) >= 11 is 0. The van der Waals surface area contributed by atoms with Crippen molar-refractivity contribution in [3.8, 4) is 11.5 Å². The Kier molecular flexibility index (Phi) is 12.2. The summed E-state index contributed by atoms with van der Waals surface area (Å²) in [6.45, 7) is 2.52. The zero-order valence-electron chi connectivity index (χ0n) is 25.1. The van der Waals surface area contributed by atoms with E-state index in [0.29, 0.717) is 11.1 Å². The molecule has 2 heterocycles. The van der Waals surface area contributed by atoms with Gasteiger partial charge in [-0.05, 0) is 42.2 Å². The molecule has 2 saturated heterocycles. The number of carbonyl (C=O) groups excluding carboxylic acids is 2. The Morgan fingerprint density at radius 1 is 0.936 bits per heavy atom. The fourth-order valence-corrected chi connectivity index (χ4v) is 5.64. The predicted octanol–water partition coefficient (Wildman–Crippen LogP) is -1.06. The van der Waals surface area contributed by atoms with Crippen LogP contribution in [0.4, 0.5) is 0 Å². The van der Waals surface area contributed by atoms with E-state index in [9.17, 15) is 44.8 Å². The number of ketones is 1. The number of ether oxygens (including phenoxy) is 4. The number of nitrogens with one attached hydrogen (secondary N) is 1. The number of aliphatic hydroxyl groups excluding tert-OH is 6. The van der Waals surface area contributed by atoms with Crippen molar-refractivity contribution in [2.24, 2.45) is 0 Å². The number of aromatic hydroxyl groups is 1. The smallest absolute Gasteiger partial charge is 0.504 e. The van der Waals surface area contributed by atoms with Crippen molar-refractivity contribution in [1.82, 2.24) is 5.32 Å². The molecule has 2 unspecified atom stereocenters. The molecule has 0 spiro atoms. The highest BCUT2D eigenvalue weighted by molar-refractivity contribution is 7.38. The number of hydrogen-bond donors (Lipinski definition) is 9. The minimum Gasteiger partial charge on any atom is -0.504 e. The van der Waals surface area contributed by atoms with Crippen LogP contribution in [0, 0.1) is 0 Å². The van der Waals surface area contributed by atoms with Crippen LogP contribution < -0.4 is 10.1 Å². The summed E-state index contributed by atoms with van der Waals surface area (Å²) in [4.78, 5) is 32.7. The normalized spacial score (nSPS) is 32.8. The van der Waals surface area contributed by atoms with Gasteiger partial charge in [0.1, 0.15) is 55.6 Å². The van der Waals surface area contributed by atoms with Gasteiger partial charge in [-0.3, -0.25) is 9.59 Å². The third-order valence-electron chi connectivity index (χ3n) is 7.80. The van der Waals surface area contributed by atoms with Crippen molar-refractivity contribution in [2.75, 3.05) is 6.79 Å². The van der Waals surface area contributed by atoms with Crippen LogP contribution in [0.2, 0.25) is 0 Å². The molecule has 17 heteroatoms. The number of phenols is 1. The number of benzene rings is 2. The molecule has 3 aliphatic rings. The Bertz CT molecular complexity index is 1460. The fraction of sp³-hybridized carbons (Fsp3) is 0.467. The van der Waals surface area contributed by atoms with E-state index in [2.05, 4.69) is 5.32 Å². The predicted molar refractivity (Wildman–Crippen MR) is 160 cm³/mol. The van der Waals surface area contributed by atoms with Crippen LogP contribution in [0.1, 0.15) is 30.8 Å². The van der Waals surface area contributed by atoms with E-state index in [1.165, 1.54) is 38.1 Å². The highest BCUT2D eigenvalue weighted by Crippen LogP contribution is 2.35. The summed E-state index contributed by atoms with van der Waals surface area (Å²) < 4.78 is 31.5. The van der Waals surface area contributed by atoms with E-state index in [0.717, 1.165) is 0 Å². The number of fused-ring (bicyclic) bond motifs is 1. The zero-order chi connectivity index (χ0) is 34.6. The first kappa shape index (κ1) is 36.5. The lowest BCUT2D eigenvalue weighted by Gasteiger charge is -2.41. The molecule has 1 amide bonds. The van der Waals surface area contributed by atoms with Gasteiger partial charge in [0.05, 0.1) is 6.04 Å². The van der Waals surface area contributed by atoms with E-state index in [4.69, 9.17) is 28.9 Å². The third-order valence-corrected chi connectivity index (χ3v) is 8.51. The molecule has 2 aromatic rings. The largest absolute Gasteiger partial charge is 0.542 e. The summed E-state index contributed by atoms with van der Waals surface area (Å²) in [5.41, 5.74) is 1.01. The first-order chi connectivity index (χ1) is 22.2. The van der Waals surface area contributed by atoms with Crippen molar-refractivity contribution >= 4 is 25.8 Å². The molecular formula is C30H37NO15P+. The molecule has 256 valence electrons. The van der Waals surface area contributed by atoms with Gasteiger partial charge in [0.15, 0.2) is 17.3 Å².